The van der Waals surface area contributed by atoms with Gasteiger partial charge in [-0.2, -0.15) is 13.2 Å². The number of alkyl halides is 3. The van der Waals surface area contributed by atoms with Crippen molar-refractivity contribution in [1.29, 1.82) is 0 Å². The predicted octanol–water partition coefficient (Wildman–Crippen LogP) is 3.48. The van der Waals surface area contributed by atoms with Gasteiger partial charge in [-0.3, -0.25) is 10.1 Å². The van der Waals surface area contributed by atoms with E-state index in [1.807, 2.05) is 0 Å². The Kier molecular flexibility index (Phi) is 6.46. The average molecular weight is 423 g/mol. The number of urea groups is 1. The molecule has 10 heteroatoms. The van der Waals surface area contributed by atoms with Crippen molar-refractivity contribution in [1.82, 2.24) is 10.6 Å². The Labute approximate surface area is 170 Å². The van der Waals surface area contributed by atoms with E-state index >= 15 is 0 Å². The molecule has 0 radical (unpaired) electrons. The molecule has 2 aromatic rings. The molecule has 0 saturated carbocycles. The van der Waals surface area contributed by atoms with Crippen LogP contribution in [-0.4, -0.2) is 31.7 Å². The highest BCUT2D eigenvalue weighted by Gasteiger charge is 2.30. The standard InChI is InChI=1S/C20H20F3N3O4/c1-12(13-3-2-4-14(9-13)20(21,22)23)24-11-18(27)26-19(28)25-15-5-6-16-17(10-15)30-8-7-29-16/h2-6,9-10,12,24H,7-8,11H2,1H3,(H2,25,26,27,28). The smallest absolute Gasteiger partial charge is 0.416 e. The molecule has 3 amide bonds. The maximum atomic E-state index is 12.8. The first-order valence-corrected chi connectivity index (χ1v) is 9.13. The first kappa shape index (κ1) is 21.4. The summed E-state index contributed by atoms with van der Waals surface area (Å²) in [6.45, 7) is 2.21. The SMILES string of the molecule is CC(NCC(=O)NC(=O)Nc1ccc2c(c1)OCCO2)c1cccc(C(F)(F)F)c1. The van der Waals surface area contributed by atoms with Gasteiger partial charge in [0.1, 0.15) is 13.2 Å². The lowest BCUT2D eigenvalue weighted by Gasteiger charge is -2.19. The van der Waals surface area contributed by atoms with E-state index in [0.717, 1.165) is 12.1 Å². The molecular weight excluding hydrogens is 403 g/mol. The van der Waals surface area contributed by atoms with Gasteiger partial charge in [0.05, 0.1) is 12.1 Å². The van der Waals surface area contributed by atoms with Crippen LogP contribution in [0.5, 0.6) is 11.5 Å². The third-order valence-corrected chi connectivity index (χ3v) is 4.34. The predicted molar refractivity (Wildman–Crippen MR) is 102 cm³/mol. The first-order chi connectivity index (χ1) is 14.2. The molecule has 0 saturated heterocycles. The number of nitrogens with one attached hydrogen (secondary N) is 3. The van der Waals surface area contributed by atoms with Crippen molar-refractivity contribution in [3.8, 4) is 11.5 Å². The topological polar surface area (TPSA) is 88.7 Å². The van der Waals surface area contributed by atoms with E-state index in [1.165, 1.54) is 12.1 Å². The highest BCUT2D eigenvalue weighted by Crippen LogP contribution is 2.32. The maximum Gasteiger partial charge on any atom is 0.416 e. The van der Waals surface area contributed by atoms with Crippen molar-refractivity contribution < 1.29 is 32.2 Å². The Hall–Kier alpha value is -3.27. The van der Waals surface area contributed by atoms with E-state index < -0.39 is 29.7 Å². The van der Waals surface area contributed by atoms with E-state index in [9.17, 15) is 22.8 Å². The Morgan fingerprint density at radius 3 is 2.53 bits per heavy atom. The van der Waals surface area contributed by atoms with Crippen LogP contribution in [0.1, 0.15) is 24.1 Å². The summed E-state index contributed by atoms with van der Waals surface area (Å²) in [5.74, 6) is 0.418. The van der Waals surface area contributed by atoms with Crippen LogP contribution in [0.25, 0.3) is 0 Å². The van der Waals surface area contributed by atoms with Crippen LogP contribution >= 0.6 is 0 Å². The molecule has 3 N–H and O–H groups in total. The average Bonchev–Trinajstić information content (AvgIpc) is 2.71. The Morgan fingerprint density at radius 1 is 1.07 bits per heavy atom. The lowest BCUT2D eigenvalue weighted by Crippen LogP contribution is -2.40. The van der Waals surface area contributed by atoms with Crippen molar-refractivity contribution in [2.24, 2.45) is 0 Å². The highest BCUT2D eigenvalue weighted by atomic mass is 19.4. The summed E-state index contributed by atoms with van der Waals surface area (Å²) in [4.78, 5) is 24.0. The largest absolute Gasteiger partial charge is 0.486 e. The molecule has 1 heterocycles. The van der Waals surface area contributed by atoms with Crippen molar-refractivity contribution in [2.75, 3.05) is 25.1 Å². The number of imide groups is 1. The summed E-state index contributed by atoms with van der Waals surface area (Å²) >= 11 is 0. The molecule has 0 spiro atoms. The molecular formula is C20H20F3N3O4. The number of benzene rings is 2. The third-order valence-electron chi connectivity index (χ3n) is 4.34. The van der Waals surface area contributed by atoms with Crippen molar-refractivity contribution in [3.63, 3.8) is 0 Å². The quantitative estimate of drug-likeness (QED) is 0.685. The normalized spacial score (nSPS) is 14.0. The summed E-state index contributed by atoms with van der Waals surface area (Å²) in [7, 11) is 0. The van der Waals surface area contributed by atoms with Gasteiger partial charge in [-0.15, -0.1) is 0 Å². The molecule has 1 aliphatic heterocycles. The molecule has 3 rings (SSSR count). The summed E-state index contributed by atoms with van der Waals surface area (Å²) in [5, 5.41) is 7.45. The Balaban J connectivity index is 1.49. The van der Waals surface area contributed by atoms with E-state index in [4.69, 9.17) is 9.47 Å². The number of amides is 3. The minimum Gasteiger partial charge on any atom is -0.486 e. The van der Waals surface area contributed by atoms with Gasteiger partial charge in [0.2, 0.25) is 5.91 Å². The van der Waals surface area contributed by atoms with Gasteiger partial charge in [-0.1, -0.05) is 12.1 Å². The lowest BCUT2D eigenvalue weighted by atomic mass is 10.0. The Bertz CT molecular complexity index is 934. The maximum absolute atomic E-state index is 12.8. The minimum atomic E-state index is -4.45. The second-order valence-corrected chi connectivity index (χ2v) is 6.59. The van der Waals surface area contributed by atoms with Gasteiger partial charge in [0.15, 0.2) is 11.5 Å². The lowest BCUT2D eigenvalue weighted by molar-refractivity contribution is -0.137. The molecule has 0 bridgehead atoms. The zero-order valence-corrected chi connectivity index (χ0v) is 16.0. The van der Waals surface area contributed by atoms with Crippen molar-refractivity contribution in [3.05, 3.63) is 53.6 Å². The van der Waals surface area contributed by atoms with Crippen LogP contribution in [-0.2, 0) is 11.0 Å². The second kappa shape index (κ2) is 9.04. The number of ether oxygens (including phenoxy) is 2. The van der Waals surface area contributed by atoms with E-state index in [2.05, 4.69) is 16.0 Å². The van der Waals surface area contributed by atoms with Gasteiger partial charge in [0, 0.05) is 17.8 Å². The van der Waals surface area contributed by atoms with Crippen LogP contribution in [0, 0.1) is 0 Å². The number of anilines is 1. The minimum absolute atomic E-state index is 0.258. The monoisotopic (exact) mass is 423 g/mol. The van der Waals surface area contributed by atoms with Crippen LogP contribution < -0.4 is 25.4 Å². The number of hydrogen-bond donors (Lipinski definition) is 3. The fourth-order valence-corrected chi connectivity index (χ4v) is 2.80. The third kappa shape index (κ3) is 5.63. The molecule has 2 aromatic carbocycles. The zero-order chi connectivity index (χ0) is 21.7. The van der Waals surface area contributed by atoms with Crippen LogP contribution in [0.4, 0.5) is 23.7 Å². The molecule has 0 fully saturated rings. The van der Waals surface area contributed by atoms with Crippen LogP contribution in [0.15, 0.2) is 42.5 Å². The summed E-state index contributed by atoms with van der Waals surface area (Å²) in [5.41, 5.74) is 0.0186. The number of halogens is 3. The van der Waals surface area contributed by atoms with Crippen LogP contribution in [0.2, 0.25) is 0 Å². The Morgan fingerprint density at radius 2 is 1.80 bits per heavy atom. The highest BCUT2D eigenvalue weighted by molar-refractivity contribution is 6.01. The van der Waals surface area contributed by atoms with Crippen molar-refractivity contribution >= 4 is 17.6 Å². The molecule has 0 aromatic heterocycles. The van der Waals surface area contributed by atoms with Gasteiger partial charge in [-0.05, 0) is 36.8 Å². The zero-order valence-electron chi connectivity index (χ0n) is 16.0. The number of carbonyl (C=O) groups is 2. The summed E-state index contributed by atoms with van der Waals surface area (Å²) < 4.78 is 49.3. The molecule has 1 aliphatic rings. The second-order valence-electron chi connectivity index (χ2n) is 6.59. The molecule has 30 heavy (non-hydrogen) atoms. The molecule has 160 valence electrons. The fourth-order valence-electron chi connectivity index (χ4n) is 2.80. The van der Waals surface area contributed by atoms with Crippen molar-refractivity contribution in [2.45, 2.75) is 19.1 Å². The number of rotatable bonds is 5. The molecule has 0 aliphatic carbocycles. The van der Waals surface area contributed by atoms with E-state index in [1.54, 1.807) is 25.1 Å². The van der Waals surface area contributed by atoms with E-state index in [0.29, 0.717) is 36.0 Å². The van der Waals surface area contributed by atoms with Gasteiger partial charge < -0.3 is 20.1 Å². The van der Waals surface area contributed by atoms with Gasteiger partial charge in [-0.25, -0.2) is 4.79 Å². The number of carbonyl (C=O) groups excluding carboxylic acids is 2. The van der Waals surface area contributed by atoms with Crippen LogP contribution in [0.3, 0.4) is 0 Å². The summed E-state index contributed by atoms with van der Waals surface area (Å²) in [6, 6.07) is 8.37. The van der Waals surface area contributed by atoms with Gasteiger partial charge >= 0.3 is 12.2 Å². The number of fused-ring (bicyclic) bond motifs is 1. The summed E-state index contributed by atoms with van der Waals surface area (Å²) in [6.07, 6.45) is -4.45. The molecule has 1 atom stereocenters. The van der Waals surface area contributed by atoms with E-state index in [-0.39, 0.29) is 6.54 Å². The molecule has 7 nitrogen and oxygen atoms in total. The molecule has 1 unspecified atom stereocenters. The first-order valence-electron chi connectivity index (χ1n) is 9.13. The fraction of sp³-hybridized carbons (Fsp3) is 0.300. The van der Waals surface area contributed by atoms with Gasteiger partial charge in [0.25, 0.3) is 0 Å². The number of hydrogen-bond acceptors (Lipinski definition) is 5.